The normalized spacial score (nSPS) is 13.8. The fourth-order valence-electron chi connectivity index (χ4n) is 1.23. The Balaban J connectivity index is 2.78. The zero-order chi connectivity index (χ0) is 12.9. The highest BCUT2D eigenvalue weighted by Crippen LogP contribution is 2.12. The SMILES string of the molecule is CNCc1cn[nH]c1S(=O)(=O)NCC(C)SC. The standard InChI is InChI=1S/C9H18N4O2S2/c1-7(16-3)4-12-17(14,15)9-8(5-10-2)6-11-13-9/h6-7,10,12H,4-5H2,1-3H3,(H,11,13). The second-order valence-electron chi connectivity index (χ2n) is 3.65. The van der Waals surface area contributed by atoms with Crippen LogP contribution in [0, 0.1) is 0 Å². The van der Waals surface area contributed by atoms with Crippen LogP contribution in [-0.4, -0.2) is 43.7 Å². The number of nitrogens with one attached hydrogen (secondary N) is 3. The minimum absolute atomic E-state index is 0.139. The van der Waals surface area contributed by atoms with Crippen LogP contribution in [-0.2, 0) is 16.6 Å². The molecule has 98 valence electrons. The summed E-state index contributed by atoms with van der Waals surface area (Å²) in [6.07, 6.45) is 3.46. The van der Waals surface area contributed by atoms with E-state index in [1.54, 1.807) is 18.8 Å². The van der Waals surface area contributed by atoms with Crippen LogP contribution in [0.4, 0.5) is 0 Å². The van der Waals surface area contributed by atoms with Gasteiger partial charge in [0.25, 0.3) is 10.0 Å². The largest absolute Gasteiger partial charge is 0.316 e. The van der Waals surface area contributed by atoms with E-state index in [4.69, 9.17) is 0 Å². The summed E-state index contributed by atoms with van der Waals surface area (Å²) in [7, 11) is -1.74. The molecule has 8 heteroatoms. The Kier molecular flexibility index (Phi) is 5.44. The molecule has 0 aliphatic heterocycles. The Morgan fingerprint density at radius 2 is 2.29 bits per heavy atom. The molecule has 0 bridgehead atoms. The van der Waals surface area contributed by atoms with E-state index in [1.165, 1.54) is 6.20 Å². The third-order valence-electron chi connectivity index (χ3n) is 2.28. The van der Waals surface area contributed by atoms with Crippen LogP contribution in [0.25, 0.3) is 0 Å². The number of hydrogen-bond acceptors (Lipinski definition) is 5. The summed E-state index contributed by atoms with van der Waals surface area (Å²) >= 11 is 1.61. The number of aromatic nitrogens is 2. The van der Waals surface area contributed by atoms with Gasteiger partial charge in [-0.25, -0.2) is 13.1 Å². The number of hydrogen-bond donors (Lipinski definition) is 3. The van der Waals surface area contributed by atoms with Gasteiger partial charge in [-0.1, -0.05) is 6.92 Å². The van der Waals surface area contributed by atoms with Crippen molar-refractivity contribution >= 4 is 21.8 Å². The minimum Gasteiger partial charge on any atom is -0.316 e. The van der Waals surface area contributed by atoms with Crippen molar-refractivity contribution < 1.29 is 8.42 Å². The van der Waals surface area contributed by atoms with Gasteiger partial charge in [0.1, 0.15) is 0 Å². The molecular formula is C9H18N4O2S2. The summed E-state index contributed by atoms with van der Waals surface area (Å²) in [6, 6.07) is 0. The molecule has 0 amide bonds. The maximum absolute atomic E-state index is 12.0. The molecule has 1 heterocycles. The molecule has 1 unspecified atom stereocenters. The van der Waals surface area contributed by atoms with Crippen LogP contribution in [0.1, 0.15) is 12.5 Å². The second kappa shape index (κ2) is 6.39. The number of aromatic amines is 1. The van der Waals surface area contributed by atoms with Gasteiger partial charge in [0.05, 0.1) is 6.20 Å². The smallest absolute Gasteiger partial charge is 0.257 e. The Bertz CT molecular complexity index is 444. The fraction of sp³-hybridized carbons (Fsp3) is 0.667. The topological polar surface area (TPSA) is 86.9 Å². The first-order valence-corrected chi connectivity index (χ1v) is 7.97. The molecule has 3 N–H and O–H groups in total. The van der Waals surface area contributed by atoms with Crippen molar-refractivity contribution in [2.45, 2.75) is 23.7 Å². The summed E-state index contributed by atoms with van der Waals surface area (Å²) in [4.78, 5) is 0. The maximum Gasteiger partial charge on any atom is 0.257 e. The van der Waals surface area contributed by atoms with E-state index in [0.717, 1.165) is 0 Å². The lowest BCUT2D eigenvalue weighted by Gasteiger charge is -2.10. The summed E-state index contributed by atoms with van der Waals surface area (Å²) < 4.78 is 26.5. The van der Waals surface area contributed by atoms with E-state index < -0.39 is 10.0 Å². The minimum atomic E-state index is -3.50. The van der Waals surface area contributed by atoms with Crippen molar-refractivity contribution in [3.8, 4) is 0 Å². The lowest BCUT2D eigenvalue weighted by molar-refractivity contribution is 0.575. The second-order valence-corrected chi connectivity index (χ2v) is 6.63. The zero-order valence-corrected chi connectivity index (χ0v) is 11.8. The Morgan fingerprint density at radius 3 is 2.88 bits per heavy atom. The van der Waals surface area contributed by atoms with Crippen LogP contribution in [0.3, 0.4) is 0 Å². The summed E-state index contributed by atoms with van der Waals surface area (Å²) in [6.45, 7) is 2.83. The molecule has 0 radical (unpaired) electrons. The van der Waals surface area contributed by atoms with E-state index in [2.05, 4.69) is 20.2 Å². The van der Waals surface area contributed by atoms with Crippen molar-refractivity contribution in [1.82, 2.24) is 20.2 Å². The Hall–Kier alpha value is -0.570. The summed E-state index contributed by atoms with van der Waals surface area (Å²) in [5.41, 5.74) is 0.636. The summed E-state index contributed by atoms with van der Waals surface area (Å²) in [5, 5.41) is 9.57. The van der Waals surface area contributed by atoms with Gasteiger partial charge < -0.3 is 5.32 Å². The number of rotatable bonds is 7. The first-order valence-electron chi connectivity index (χ1n) is 5.20. The van der Waals surface area contributed by atoms with Crippen molar-refractivity contribution in [2.24, 2.45) is 0 Å². The molecule has 0 aliphatic carbocycles. The van der Waals surface area contributed by atoms with Gasteiger partial charge in [-0.05, 0) is 13.3 Å². The average molecular weight is 278 g/mol. The molecule has 1 atom stereocenters. The molecule has 0 aliphatic rings. The van der Waals surface area contributed by atoms with Crippen LogP contribution in [0.5, 0.6) is 0 Å². The first-order chi connectivity index (χ1) is 8.01. The molecule has 0 fully saturated rings. The van der Waals surface area contributed by atoms with E-state index >= 15 is 0 Å². The monoisotopic (exact) mass is 278 g/mol. The third-order valence-corrected chi connectivity index (χ3v) is 4.69. The van der Waals surface area contributed by atoms with Crippen molar-refractivity contribution in [3.63, 3.8) is 0 Å². The van der Waals surface area contributed by atoms with Gasteiger partial charge in [-0.2, -0.15) is 16.9 Å². The molecule has 1 aromatic heterocycles. The van der Waals surface area contributed by atoms with Gasteiger partial charge in [0.15, 0.2) is 5.03 Å². The number of H-pyrrole nitrogens is 1. The van der Waals surface area contributed by atoms with Crippen LogP contribution >= 0.6 is 11.8 Å². The van der Waals surface area contributed by atoms with Gasteiger partial charge >= 0.3 is 0 Å². The molecule has 0 spiro atoms. The lowest BCUT2D eigenvalue weighted by Crippen LogP contribution is -2.30. The molecule has 17 heavy (non-hydrogen) atoms. The number of sulfonamides is 1. The Morgan fingerprint density at radius 1 is 1.59 bits per heavy atom. The molecule has 1 aromatic rings. The van der Waals surface area contributed by atoms with E-state index in [1.807, 2.05) is 13.2 Å². The van der Waals surface area contributed by atoms with Crippen LogP contribution in [0.15, 0.2) is 11.2 Å². The van der Waals surface area contributed by atoms with E-state index in [0.29, 0.717) is 18.7 Å². The molecular weight excluding hydrogens is 260 g/mol. The van der Waals surface area contributed by atoms with Gasteiger partial charge in [-0.15, -0.1) is 0 Å². The zero-order valence-electron chi connectivity index (χ0n) is 10.1. The highest BCUT2D eigenvalue weighted by Gasteiger charge is 2.20. The third kappa shape index (κ3) is 3.98. The highest BCUT2D eigenvalue weighted by molar-refractivity contribution is 7.99. The number of nitrogens with zero attached hydrogens (tertiary/aromatic N) is 1. The van der Waals surface area contributed by atoms with Gasteiger partial charge in [0.2, 0.25) is 0 Å². The quantitative estimate of drug-likeness (QED) is 0.661. The Labute approximate surface area is 106 Å². The van der Waals surface area contributed by atoms with Crippen LogP contribution < -0.4 is 10.0 Å². The molecule has 0 saturated carbocycles. The van der Waals surface area contributed by atoms with Crippen molar-refractivity contribution in [1.29, 1.82) is 0 Å². The molecule has 0 saturated heterocycles. The highest BCUT2D eigenvalue weighted by atomic mass is 32.2. The van der Waals surface area contributed by atoms with E-state index in [9.17, 15) is 8.42 Å². The first kappa shape index (κ1) is 14.5. The fourth-order valence-corrected chi connectivity index (χ4v) is 2.84. The van der Waals surface area contributed by atoms with Crippen molar-refractivity contribution in [2.75, 3.05) is 19.8 Å². The molecule has 0 aromatic carbocycles. The van der Waals surface area contributed by atoms with Crippen LogP contribution in [0.2, 0.25) is 0 Å². The van der Waals surface area contributed by atoms with E-state index in [-0.39, 0.29) is 10.3 Å². The maximum atomic E-state index is 12.0. The summed E-state index contributed by atoms with van der Waals surface area (Å²) in [5.74, 6) is 0. The lowest BCUT2D eigenvalue weighted by atomic mass is 10.4. The predicted molar refractivity (Wildman–Crippen MR) is 69.5 cm³/mol. The van der Waals surface area contributed by atoms with Gasteiger partial charge in [-0.3, -0.25) is 5.10 Å². The predicted octanol–water partition coefficient (Wildman–Crippen LogP) is 0.159. The van der Waals surface area contributed by atoms with Gasteiger partial charge in [0, 0.05) is 23.9 Å². The molecule has 1 rings (SSSR count). The number of thioether (sulfide) groups is 1. The molecule has 6 nitrogen and oxygen atoms in total. The van der Waals surface area contributed by atoms with Crippen molar-refractivity contribution in [3.05, 3.63) is 11.8 Å². The average Bonchev–Trinajstić information content (AvgIpc) is 2.75.